The van der Waals surface area contributed by atoms with E-state index >= 15 is 0 Å². The third kappa shape index (κ3) is 4.10. The molecule has 19 heavy (non-hydrogen) atoms. The summed E-state index contributed by atoms with van der Waals surface area (Å²) in [4.78, 5) is 15.9. The Morgan fingerprint density at radius 2 is 1.95 bits per heavy atom. The first-order chi connectivity index (χ1) is 9.25. The van der Waals surface area contributed by atoms with E-state index in [9.17, 15) is 4.79 Å². The van der Waals surface area contributed by atoms with E-state index in [-0.39, 0.29) is 12.5 Å². The number of hydrogen-bond donors (Lipinski definition) is 2. The Labute approximate surface area is 112 Å². The van der Waals surface area contributed by atoms with Gasteiger partial charge in [-0.2, -0.15) is 0 Å². The van der Waals surface area contributed by atoms with Crippen molar-refractivity contribution in [1.82, 2.24) is 10.3 Å². The molecule has 0 radical (unpaired) electrons. The quantitative estimate of drug-likeness (QED) is 0.860. The first-order valence-electron chi connectivity index (χ1n) is 6.22. The van der Waals surface area contributed by atoms with E-state index in [0.717, 1.165) is 16.9 Å². The number of nitrogens with one attached hydrogen (secondary N) is 2. The van der Waals surface area contributed by atoms with Crippen LogP contribution >= 0.6 is 0 Å². The summed E-state index contributed by atoms with van der Waals surface area (Å²) in [7, 11) is 0. The second-order valence-corrected chi connectivity index (χ2v) is 4.28. The number of benzene rings is 1. The molecule has 1 aromatic carbocycles. The molecular formula is C15H17N3O. The summed E-state index contributed by atoms with van der Waals surface area (Å²) in [5.74, 6) is 0.700. The van der Waals surface area contributed by atoms with E-state index in [2.05, 4.69) is 15.6 Å². The van der Waals surface area contributed by atoms with Gasteiger partial charge in [-0.3, -0.25) is 4.79 Å². The van der Waals surface area contributed by atoms with E-state index in [1.165, 1.54) is 0 Å². The van der Waals surface area contributed by atoms with Gasteiger partial charge in [-0.05, 0) is 24.1 Å². The molecule has 0 saturated carbocycles. The molecule has 0 saturated heterocycles. The largest absolute Gasteiger partial charge is 0.361 e. The Bertz CT molecular complexity index is 540. The van der Waals surface area contributed by atoms with Crippen molar-refractivity contribution in [2.45, 2.75) is 13.5 Å². The van der Waals surface area contributed by atoms with Crippen LogP contribution in [0.3, 0.4) is 0 Å². The minimum Gasteiger partial charge on any atom is -0.361 e. The molecule has 98 valence electrons. The van der Waals surface area contributed by atoms with E-state index in [0.29, 0.717) is 6.54 Å². The first kappa shape index (κ1) is 13.1. The molecule has 0 aliphatic carbocycles. The molecule has 0 bridgehead atoms. The molecule has 0 spiro atoms. The van der Waals surface area contributed by atoms with Crippen molar-refractivity contribution in [1.29, 1.82) is 0 Å². The molecule has 1 heterocycles. The molecular weight excluding hydrogens is 238 g/mol. The van der Waals surface area contributed by atoms with E-state index in [1.807, 2.05) is 49.4 Å². The van der Waals surface area contributed by atoms with Crippen LogP contribution in [0.25, 0.3) is 0 Å². The molecule has 4 heteroatoms. The topological polar surface area (TPSA) is 54.0 Å². The lowest BCUT2D eigenvalue weighted by Gasteiger charge is -2.08. The third-order valence-corrected chi connectivity index (χ3v) is 2.76. The van der Waals surface area contributed by atoms with Crippen molar-refractivity contribution < 1.29 is 4.79 Å². The molecule has 0 atom stereocenters. The second kappa shape index (κ2) is 6.54. The van der Waals surface area contributed by atoms with Gasteiger partial charge in [-0.15, -0.1) is 0 Å². The number of rotatable bonds is 5. The predicted molar refractivity (Wildman–Crippen MR) is 75.8 cm³/mol. The highest BCUT2D eigenvalue weighted by atomic mass is 16.1. The van der Waals surface area contributed by atoms with Crippen LogP contribution in [-0.4, -0.2) is 17.4 Å². The SMILES string of the molecule is Cc1cccnc1NCC(=O)NCc1ccccc1. The first-order valence-corrected chi connectivity index (χ1v) is 6.22. The number of amides is 1. The number of carbonyl (C=O) groups excluding carboxylic acids is 1. The third-order valence-electron chi connectivity index (χ3n) is 2.76. The number of anilines is 1. The fourth-order valence-corrected chi connectivity index (χ4v) is 1.69. The average Bonchev–Trinajstić information content (AvgIpc) is 2.45. The zero-order valence-electron chi connectivity index (χ0n) is 10.9. The Morgan fingerprint density at radius 3 is 2.68 bits per heavy atom. The number of hydrogen-bond acceptors (Lipinski definition) is 3. The Kier molecular flexibility index (Phi) is 4.50. The molecule has 0 aliphatic rings. The van der Waals surface area contributed by atoms with E-state index < -0.39 is 0 Å². The normalized spacial score (nSPS) is 9.95. The van der Waals surface area contributed by atoms with Crippen LogP contribution in [0.2, 0.25) is 0 Å². The van der Waals surface area contributed by atoms with Crippen LogP contribution < -0.4 is 10.6 Å². The molecule has 2 aromatic rings. The van der Waals surface area contributed by atoms with Crippen LogP contribution in [0.1, 0.15) is 11.1 Å². The van der Waals surface area contributed by atoms with Gasteiger partial charge in [0.2, 0.25) is 5.91 Å². The molecule has 0 unspecified atom stereocenters. The maximum absolute atomic E-state index is 11.7. The molecule has 2 N–H and O–H groups in total. The van der Waals surface area contributed by atoms with Crippen LogP contribution in [0.5, 0.6) is 0 Å². The van der Waals surface area contributed by atoms with Crippen molar-refractivity contribution in [2.24, 2.45) is 0 Å². The van der Waals surface area contributed by atoms with Gasteiger partial charge in [-0.1, -0.05) is 36.4 Å². The van der Waals surface area contributed by atoms with Crippen molar-refractivity contribution in [3.8, 4) is 0 Å². The average molecular weight is 255 g/mol. The molecule has 2 rings (SSSR count). The van der Waals surface area contributed by atoms with E-state index in [4.69, 9.17) is 0 Å². The summed E-state index contributed by atoms with van der Waals surface area (Å²) in [6, 6.07) is 13.7. The molecule has 1 aromatic heterocycles. The highest BCUT2D eigenvalue weighted by Gasteiger charge is 2.03. The van der Waals surface area contributed by atoms with Crippen LogP contribution in [0.4, 0.5) is 5.82 Å². The zero-order chi connectivity index (χ0) is 13.5. The Hall–Kier alpha value is -2.36. The molecule has 0 aliphatic heterocycles. The number of pyridine rings is 1. The molecule has 4 nitrogen and oxygen atoms in total. The lowest BCUT2D eigenvalue weighted by Crippen LogP contribution is -2.29. The second-order valence-electron chi connectivity index (χ2n) is 4.28. The number of aryl methyl sites for hydroxylation is 1. The van der Waals surface area contributed by atoms with Crippen molar-refractivity contribution in [2.75, 3.05) is 11.9 Å². The zero-order valence-corrected chi connectivity index (χ0v) is 10.9. The summed E-state index contributed by atoms with van der Waals surface area (Å²) in [6.45, 7) is 2.73. The van der Waals surface area contributed by atoms with Gasteiger partial charge >= 0.3 is 0 Å². The Morgan fingerprint density at radius 1 is 1.16 bits per heavy atom. The van der Waals surface area contributed by atoms with Gasteiger partial charge in [0.25, 0.3) is 0 Å². The monoisotopic (exact) mass is 255 g/mol. The van der Waals surface area contributed by atoms with Gasteiger partial charge < -0.3 is 10.6 Å². The van der Waals surface area contributed by atoms with Crippen molar-refractivity contribution >= 4 is 11.7 Å². The summed E-state index contributed by atoms with van der Waals surface area (Å²) in [5, 5.41) is 5.89. The maximum Gasteiger partial charge on any atom is 0.239 e. The summed E-state index contributed by atoms with van der Waals surface area (Å²) >= 11 is 0. The molecule has 1 amide bonds. The van der Waals surface area contributed by atoms with Crippen molar-refractivity contribution in [3.63, 3.8) is 0 Å². The number of carbonyl (C=O) groups is 1. The van der Waals surface area contributed by atoms with Gasteiger partial charge in [0.05, 0.1) is 6.54 Å². The fraction of sp³-hybridized carbons (Fsp3) is 0.200. The van der Waals surface area contributed by atoms with Gasteiger partial charge in [0.1, 0.15) is 5.82 Å². The minimum absolute atomic E-state index is 0.0473. The summed E-state index contributed by atoms with van der Waals surface area (Å²) in [6.07, 6.45) is 1.71. The predicted octanol–water partition coefficient (Wildman–Crippen LogP) is 2.12. The maximum atomic E-state index is 11.7. The smallest absolute Gasteiger partial charge is 0.239 e. The van der Waals surface area contributed by atoms with Crippen LogP contribution in [0.15, 0.2) is 48.7 Å². The number of aromatic nitrogens is 1. The van der Waals surface area contributed by atoms with Gasteiger partial charge in [0.15, 0.2) is 0 Å². The standard InChI is InChI=1S/C15H17N3O/c1-12-6-5-9-16-15(12)18-11-14(19)17-10-13-7-3-2-4-8-13/h2-9H,10-11H2,1H3,(H,16,18)(H,17,19). The van der Waals surface area contributed by atoms with Gasteiger partial charge in [-0.25, -0.2) is 4.98 Å². The highest BCUT2D eigenvalue weighted by Crippen LogP contribution is 2.08. The minimum atomic E-state index is -0.0473. The lowest BCUT2D eigenvalue weighted by molar-refractivity contribution is -0.119. The van der Waals surface area contributed by atoms with Crippen LogP contribution in [-0.2, 0) is 11.3 Å². The fourth-order valence-electron chi connectivity index (χ4n) is 1.69. The molecule has 0 fully saturated rings. The highest BCUT2D eigenvalue weighted by molar-refractivity contribution is 5.80. The Balaban J connectivity index is 1.78. The van der Waals surface area contributed by atoms with Gasteiger partial charge in [0, 0.05) is 12.7 Å². The summed E-state index contributed by atoms with van der Waals surface area (Å²) < 4.78 is 0. The summed E-state index contributed by atoms with van der Waals surface area (Å²) in [5.41, 5.74) is 2.11. The lowest BCUT2D eigenvalue weighted by atomic mass is 10.2. The van der Waals surface area contributed by atoms with Crippen LogP contribution in [0, 0.1) is 6.92 Å². The van der Waals surface area contributed by atoms with E-state index in [1.54, 1.807) is 6.20 Å². The van der Waals surface area contributed by atoms with Crippen molar-refractivity contribution in [3.05, 3.63) is 59.8 Å². The number of nitrogens with zero attached hydrogens (tertiary/aromatic N) is 1.